The fraction of sp³-hybridized carbons (Fsp3) is 0.452. The first-order valence-electron chi connectivity index (χ1n) is 14.3. The molecular weight excluding hydrogens is 542 g/mol. The largest absolute Gasteiger partial charge is 0.508 e. The second-order valence-electron chi connectivity index (χ2n) is 10.7. The lowest BCUT2D eigenvalue weighted by atomic mass is 9.93. The maximum absolute atomic E-state index is 13.2. The van der Waals surface area contributed by atoms with Gasteiger partial charge in [-0.2, -0.15) is 0 Å². The van der Waals surface area contributed by atoms with Crippen molar-refractivity contribution in [1.82, 2.24) is 15.4 Å². The van der Waals surface area contributed by atoms with E-state index in [1.807, 2.05) is 30.9 Å². The van der Waals surface area contributed by atoms with E-state index in [0.29, 0.717) is 60.7 Å². The maximum Gasteiger partial charge on any atom is 0.328 e. The number of nitrogens with zero attached hydrogens (tertiary/aromatic N) is 2. The van der Waals surface area contributed by atoms with Crippen molar-refractivity contribution in [2.75, 3.05) is 39.5 Å². The number of carbonyl (C=O) groups is 2. The zero-order valence-corrected chi connectivity index (χ0v) is 24.3. The van der Waals surface area contributed by atoms with Crippen LogP contribution in [0.1, 0.15) is 61.3 Å². The van der Waals surface area contributed by atoms with Crippen LogP contribution < -0.4 is 5.32 Å². The number of aromatic hydroxyl groups is 2. The molecule has 0 unspecified atom stereocenters. The van der Waals surface area contributed by atoms with E-state index >= 15 is 0 Å². The molecule has 3 atom stereocenters. The van der Waals surface area contributed by atoms with Crippen molar-refractivity contribution in [2.45, 2.75) is 51.9 Å². The van der Waals surface area contributed by atoms with Crippen LogP contribution in [0.4, 0.5) is 0 Å². The van der Waals surface area contributed by atoms with Gasteiger partial charge >= 0.3 is 5.97 Å². The van der Waals surface area contributed by atoms with Gasteiger partial charge in [-0.25, -0.2) is 4.79 Å². The first-order chi connectivity index (χ1) is 20.2. The smallest absolute Gasteiger partial charge is 0.328 e. The van der Waals surface area contributed by atoms with Gasteiger partial charge in [-0.3, -0.25) is 9.69 Å². The highest BCUT2D eigenvalue weighted by Crippen LogP contribution is 2.43. The molecule has 2 aliphatic rings. The van der Waals surface area contributed by atoms with E-state index in [2.05, 4.69) is 10.5 Å². The van der Waals surface area contributed by atoms with Crippen LogP contribution in [0.3, 0.4) is 0 Å². The van der Waals surface area contributed by atoms with Gasteiger partial charge in [0.25, 0.3) is 5.91 Å². The monoisotopic (exact) mass is 579 g/mol. The van der Waals surface area contributed by atoms with Gasteiger partial charge in [-0.15, -0.1) is 0 Å². The molecule has 224 valence electrons. The van der Waals surface area contributed by atoms with Crippen LogP contribution in [-0.2, 0) is 19.0 Å². The molecule has 2 saturated heterocycles. The predicted octanol–water partition coefficient (Wildman–Crippen LogP) is 4.00. The van der Waals surface area contributed by atoms with E-state index in [-0.39, 0.29) is 53.7 Å². The first-order valence-corrected chi connectivity index (χ1v) is 14.3. The molecule has 0 spiro atoms. The summed E-state index contributed by atoms with van der Waals surface area (Å²) < 4.78 is 22.9. The number of phenols is 2. The molecule has 2 fully saturated rings. The Morgan fingerprint density at radius 3 is 2.31 bits per heavy atom. The summed E-state index contributed by atoms with van der Waals surface area (Å²) in [5.74, 6) is -0.907. The van der Waals surface area contributed by atoms with Crippen molar-refractivity contribution in [1.29, 1.82) is 0 Å². The third kappa shape index (κ3) is 5.72. The van der Waals surface area contributed by atoms with Gasteiger partial charge in [0, 0.05) is 25.7 Å². The van der Waals surface area contributed by atoms with Crippen LogP contribution in [0.25, 0.3) is 22.5 Å². The topological polar surface area (TPSA) is 144 Å². The van der Waals surface area contributed by atoms with Crippen molar-refractivity contribution >= 4 is 11.9 Å². The number of rotatable bonds is 9. The molecule has 11 heteroatoms. The molecule has 0 radical (unpaired) electrons. The third-order valence-corrected chi connectivity index (χ3v) is 7.64. The van der Waals surface area contributed by atoms with E-state index in [9.17, 15) is 19.8 Å². The summed E-state index contributed by atoms with van der Waals surface area (Å²) in [6.07, 6.45) is -0.217. The summed E-state index contributed by atoms with van der Waals surface area (Å²) in [4.78, 5) is 28.2. The van der Waals surface area contributed by atoms with Crippen LogP contribution in [-0.4, -0.2) is 83.8 Å². The summed E-state index contributed by atoms with van der Waals surface area (Å²) in [6.45, 7) is 10.2. The lowest BCUT2D eigenvalue weighted by Gasteiger charge is -2.26. The Hall–Kier alpha value is -3.93. The predicted molar refractivity (Wildman–Crippen MR) is 153 cm³/mol. The molecule has 2 aliphatic heterocycles. The number of phenolic OH excluding ortho intramolecular Hbond substituents is 2. The number of aromatic nitrogens is 1. The van der Waals surface area contributed by atoms with E-state index in [4.69, 9.17) is 18.7 Å². The van der Waals surface area contributed by atoms with Crippen molar-refractivity contribution in [3.8, 4) is 33.9 Å². The van der Waals surface area contributed by atoms with E-state index in [0.717, 1.165) is 0 Å². The van der Waals surface area contributed by atoms with Gasteiger partial charge in [0.1, 0.15) is 17.5 Å². The summed E-state index contributed by atoms with van der Waals surface area (Å²) in [6, 6.07) is 9.44. The van der Waals surface area contributed by atoms with E-state index in [1.54, 1.807) is 32.0 Å². The zero-order chi connectivity index (χ0) is 30.0. The minimum atomic E-state index is -0.670. The maximum atomic E-state index is 13.2. The molecule has 2 aromatic carbocycles. The average molecular weight is 580 g/mol. The Balaban J connectivity index is 1.56. The molecule has 0 aliphatic carbocycles. The van der Waals surface area contributed by atoms with Crippen molar-refractivity contribution in [2.24, 2.45) is 0 Å². The second-order valence-corrected chi connectivity index (χ2v) is 10.7. The number of fused-ring (bicyclic) bond motifs is 1. The van der Waals surface area contributed by atoms with Crippen molar-refractivity contribution < 1.29 is 38.5 Å². The highest BCUT2D eigenvalue weighted by molar-refractivity contribution is 6.02. The molecule has 42 heavy (non-hydrogen) atoms. The standard InChI is InChI=1S/C31H37N3O8/c1-5-32-30(37)27-26(29(42-33-27)21-13-20(17(3)4)22(35)14-23(21)36)18-7-9-19(10-8-18)28(31(38)39-6-2)34-15-24-25(16-34)41-12-11-40-24/h7-10,13-14,17,24-25,28,35-36H,5-6,11-12,15-16H2,1-4H3,(H,32,37)/t24-,25+,28-/m1/s1. The molecule has 1 aromatic heterocycles. The van der Waals surface area contributed by atoms with Gasteiger partial charge in [0.2, 0.25) is 0 Å². The average Bonchev–Trinajstić information content (AvgIpc) is 3.58. The number of hydrogen-bond donors (Lipinski definition) is 3. The fourth-order valence-corrected chi connectivity index (χ4v) is 5.63. The van der Waals surface area contributed by atoms with Crippen LogP contribution in [0.15, 0.2) is 40.9 Å². The quantitative estimate of drug-likeness (QED) is 0.318. The normalized spacial score (nSPS) is 19.5. The SMILES string of the molecule is CCNC(=O)c1noc(-c2cc(C(C)C)c(O)cc2O)c1-c1ccc([C@H](C(=O)OCC)N2C[C@@H]3OCCO[C@@H]3C2)cc1. The Kier molecular flexibility index (Phi) is 8.81. The van der Waals surface area contributed by atoms with Crippen molar-refractivity contribution in [3.05, 3.63) is 53.2 Å². The number of likely N-dealkylation sites (tertiary alicyclic amines) is 1. The summed E-state index contributed by atoms with van der Waals surface area (Å²) in [5, 5.41) is 28.0. The Morgan fingerprint density at radius 1 is 1.05 bits per heavy atom. The van der Waals surface area contributed by atoms with Gasteiger partial charge in [-0.05, 0) is 42.5 Å². The lowest BCUT2D eigenvalue weighted by Crippen LogP contribution is -2.36. The minimum absolute atomic E-state index is 0.0387. The molecule has 1 amide bonds. The van der Waals surface area contributed by atoms with E-state index < -0.39 is 11.9 Å². The minimum Gasteiger partial charge on any atom is -0.508 e. The number of ether oxygens (including phenoxy) is 3. The van der Waals surface area contributed by atoms with Gasteiger partial charge in [0.05, 0.1) is 43.2 Å². The molecule has 3 heterocycles. The lowest BCUT2D eigenvalue weighted by molar-refractivity contribution is -0.149. The molecule has 0 saturated carbocycles. The highest BCUT2D eigenvalue weighted by atomic mass is 16.6. The highest BCUT2D eigenvalue weighted by Gasteiger charge is 2.42. The molecule has 5 rings (SSSR count). The Morgan fingerprint density at radius 2 is 1.71 bits per heavy atom. The number of esters is 1. The molecule has 0 bridgehead atoms. The molecule has 3 N–H and O–H groups in total. The van der Waals surface area contributed by atoms with Gasteiger partial charge in [-0.1, -0.05) is 43.3 Å². The number of hydrogen-bond acceptors (Lipinski definition) is 10. The Bertz CT molecular complexity index is 1420. The fourth-order valence-electron chi connectivity index (χ4n) is 5.63. The summed E-state index contributed by atoms with van der Waals surface area (Å²) in [7, 11) is 0. The zero-order valence-electron chi connectivity index (χ0n) is 24.3. The van der Waals surface area contributed by atoms with Crippen LogP contribution in [0, 0.1) is 0 Å². The van der Waals surface area contributed by atoms with Gasteiger partial charge in [0.15, 0.2) is 11.5 Å². The van der Waals surface area contributed by atoms with Crippen molar-refractivity contribution in [3.63, 3.8) is 0 Å². The van der Waals surface area contributed by atoms with Gasteiger partial charge < -0.3 is 34.3 Å². The van der Waals surface area contributed by atoms with E-state index in [1.165, 1.54) is 6.07 Å². The number of amides is 1. The summed E-state index contributed by atoms with van der Waals surface area (Å²) in [5.41, 5.74) is 2.64. The molecule has 11 nitrogen and oxygen atoms in total. The number of benzene rings is 2. The second kappa shape index (κ2) is 12.5. The van der Waals surface area contributed by atoms with Crippen LogP contribution >= 0.6 is 0 Å². The molecular formula is C31H37N3O8. The summed E-state index contributed by atoms with van der Waals surface area (Å²) >= 11 is 0. The number of nitrogens with one attached hydrogen (secondary N) is 1. The number of carbonyl (C=O) groups excluding carboxylic acids is 2. The first kappa shape index (κ1) is 29.6. The third-order valence-electron chi connectivity index (χ3n) is 7.64. The van der Waals surface area contributed by atoms with Crippen LogP contribution in [0.5, 0.6) is 11.5 Å². The van der Waals surface area contributed by atoms with Crippen LogP contribution in [0.2, 0.25) is 0 Å². The Labute approximate surface area is 244 Å². The molecule has 3 aromatic rings.